The molecule has 0 heterocycles. The first kappa shape index (κ1) is 27.6. The summed E-state index contributed by atoms with van der Waals surface area (Å²) in [5.74, 6) is 0. The fourth-order valence-corrected chi connectivity index (χ4v) is 5.64. The molecule has 4 aromatic rings. The van der Waals surface area contributed by atoms with Crippen LogP contribution in [0.1, 0.15) is 64.2 Å². The van der Waals surface area contributed by atoms with Crippen LogP contribution in [0.3, 0.4) is 0 Å². The van der Waals surface area contributed by atoms with Gasteiger partial charge in [0.1, 0.15) is 0 Å². The van der Waals surface area contributed by atoms with Crippen molar-refractivity contribution in [2.45, 2.75) is 76.3 Å². The SMILES string of the molecule is c1cc(NC2CCCCC2)ccc1NC1CCCCC1.c1ccc(Nc2ccc(Nc3ccccc3)cc2)cc1. The largest absolute Gasteiger partial charge is 0.382 e. The molecule has 4 N–H and O–H groups in total. The van der Waals surface area contributed by atoms with Gasteiger partial charge in [0.25, 0.3) is 0 Å². The van der Waals surface area contributed by atoms with Crippen molar-refractivity contribution in [1.82, 2.24) is 0 Å². The van der Waals surface area contributed by atoms with E-state index in [0.717, 1.165) is 22.7 Å². The maximum absolute atomic E-state index is 3.68. The zero-order chi connectivity index (χ0) is 27.2. The van der Waals surface area contributed by atoms with Crippen molar-refractivity contribution >= 4 is 34.1 Å². The second kappa shape index (κ2) is 15.0. The third-order valence-corrected chi connectivity index (χ3v) is 7.85. The van der Waals surface area contributed by atoms with Crippen molar-refractivity contribution in [2.75, 3.05) is 21.3 Å². The summed E-state index contributed by atoms with van der Waals surface area (Å²) < 4.78 is 0. The number of hydrogen-bond acceptors (Lipinski definition) is 4. The molecule has 4 heteroatoms. The van der Waals surface area contributed by atoms with E-state index in [9.17, 15) is 0 Å². The van der Waals surface area contributed by atoms with E-state index in [1.807, 2.05) is 36.4 Å². The number of hydrogen-bond donors (Lipinski definition) is 4. The van der Waals surface area contributed by atoms with Crippen molar-refractivity contribution in [3.63, 3.8) is 0 Å². The highest BCUT2D eigenvalue weighted by Crippen LogP contribution is 2.25. The Bertz CT molecular complexity index is 1130. The van der Waals surface area contributed by atoms with Crippen LogP contribution in [0.2, 0.25) is 0 Å². The Labute approximate surface area is 240 Å². The molecular weight excluding hydrogens is 488 g/mol. The summed E-state index contributed by atoms with van der Waals surface area (Å²) in [5, 5.41) is 14.1. The van der Waals surface area contributed by atoms with E-state index in [0.29, 0.717) is 12.1 Å². The Morgan fingerprint density at radius 3 is 0.975 bits per heavy atom. The monoisotopic (exact) mass is 532 g/mol. The third kappa shape index (κ3) is 9.08. The quantitative estimate of drug-likeness (QED) is 0.182. The van der Waals surface area contributed by atoms with Crippen molar-refractivity contribution in [1.29, 1.82) is 0 Å². The van der Waals surface area contributed by atoms with E-state index >= 15 is 0 Å². The molecule has 40 heavy (non-hydrogen) atoms. The lowest BCUT2D eigenvalue weighted by Gasteiger charge is -2.25. The summed E-state index contributed by atoms with van der Waals surface area (Å²) in [6.45, 7) is 0. The maximum Gasteiger partial charge on any atom is 0.0385 e. The van der Waals surface area contributed by atoms with E-state index in [-0.39, 0.29) is 0 Å². The number of anilines is 6. The molecule has 2 aliphatic rings. The van der Waals surface area contributed by atoms with Gasteiger partial charge in [0.15, 0.2) is 0 Å². The molecule has 0 amide bonds. The van der Waals surface area contributed by atoms with Crippen LogP contribution in [0.15, 0.2) is 109 Å². The highest BCUT2D eigenvalue weighted by molar-refractivity contribution is 5.65. The molecule has 0 aliphatic heterocycles. The van der Waals surface area contributed by atoms with Gasteiger partial charge in [-0.2, -0.15) is 0 Å². The minimum absolute atomic E-state index is 0.695. The minimum atomic E-state index is 0.695. The Morgan fingerprint density at radius 2 is 0.625 bits per heavy atom. The summed E-state index contributed by atoms with van der Waals surface area (Å²) >= 11 is 0. The van der Waals surface area contributed by atoms with Gasteiger partial charge in [-0.1, -0.05) is 74.9 Å². The molecule has 0 bridgehead atoms. The van der Waals surface area contributed by atoms with E-state index in [2.05, 4.69) is 94.1 Å². The summed E-state index contributed by atoms with van der Waals surface area (Å²) in [6.07, 6.45) is 13.7. The van der Waals surface area contributed by atoms with Crippen molar-refractivity contribution < 1.29 is 0 Å². The topological polar surface area (TPSA) is 48.1 Å². The van der Waals surface area contributed by atoms with Gasteiger partial charge in [-0.25, -0.2) is 0 Å². The molecule has 4 aromatic carbocycles. The summed E-state index contributed by atoms with van der Waals surface area (Å²) in [6, 6.07) is 38.9. The van der Waals surface area contributed by atoms with Crippen LogP contribution in [-0.2, 0) is 0 Å². The first-order valence-corrected chi connectivity index (χ1v) is 15.2. The zero-order valence-corrected chi connectivity index (χ0v) is 23.6. The van der Waals surface area contributed by atoms with Crippen LogP contribution in [0.5, 0.6) is 0 Å². The van der Waals surface area contributed by atoms with Crippen molar-refractivity contribution in [3.8, 4) is 0 Å². The molecule has 0 spiro atoms. The highest BCUT2D eigenvalue weighted by Gasteiger charge is 2.14. The highest BCUT2D eigenvalue weighted by atomic mass is 14.9. The van der Waals surface area contributed by atoms with E-state index in [1.165, 1.54) is 75.6 Å². The lowest BCUT2D eigenvalue weighted by Crippen LogP contribution is -2.23. The van der Waals surface area contributed by atoms with Crippen LogP contribution in [0, 0.1) is 0 Å². The fourth-order valence-electron chi connectivity index (χ4n) is 5.64. The average molecular weight is 533 g/mol. The van der Waals surface area contributed by atoms with Crippen molar-refractivity contribution in [2.24, 2.45) is 0 Å². The molecule has 0 saturated heterocycles. The third-order valence-electron chi connectivity index (χ3n) is 7.85. The number of benzene rings is 4. The Kier molecular flexibility index (Phi) is 10.4. The summed E-state index contributed by atoms with van der Waals surface area (Å²) in [4.78, 5) is 0. The van der Waals surface area contributed by atoms with Gasteiger partial charge >= 0.3 is 0 Å². The number of para-hydroxylation sites is 2. The molecule has 0 atom stereocenters. The average Bonchev–Trinajstić information content (AvgIpc) is 3.02. The molecule has 2 fully saturated rings. The molecule has 0 unspecified atom stereocenters. The molecule has 0 aromatic heterocycles. The number of nitrogens with one attached hydrogen (secondary N) is 4. The standard InChI is InChI=1S/C18H28N2.C18H16N2/c2*1-3-7-15(8-4-1)19-17-11-13-18(14-12-17)20-16-9-5-2-6-10-16/h11-16,19-20H,1-10H2;1-14,19-20H. The lowest BCUT2D eigenvalue weighted by molar-refractivity contribution is 0.462. The predicted molar refractivity (Wildman–Crippen MR) is 173 cm³/mol. The first-order valence-electron chi connectivity index (χ1n) is 15.2. The number of rotatable bonds is 8. The fraction of sp³-hybridized carbons (Fsp3) is 0.333. The smallest absolute Gasteiger partial charge is 0.0385 e. The Morgan fingerprint density at radius 1 is 0.325 bits per heavy atom. The van der Waals surface area contributed by atoms with Crippen LogP contribution >= 0.6 is 0 Å². The van der Waals surface area contributed by atoms with Gasteiger partial charge in [0, 0.05) is 46.2 Å². The van der Waals surface area contributed by atoms with E-state index < -0.39 is 0 Å². The van der Waals surface area contributed by atoms with Gasteiger partial charge in [0.05, 0.1) is 0 Å². The van der Waals surface area contributed by atoms with Crippen LogP contribution in [-0.4, -0.2) is 12.1 Å². The molecule has 2 aliphatic carbocycles. The molecular formula is C36H44N4. The maximum atomic E-state index is 3.68. The predicted octanol–water partition coefficient (Wildman–Crippen LogP) is 10.3. The molecule has 4 nitrogen and oxygen atoms in total. The Hall–Kier alpha value is -3.92. The van der Waals surface area contributed by atoms with Crippen LogP contribution in [0.25, 0.3) is 0 Å². The Balaban J connectivity index is 0.000000161. The van der Waals surface area contributed by atoms with Gasteiger partial charge in [-0.3, -0.25) is 0 Å². The van der Waals surface area contributed by atoms with Gasteiger partial charge in [0.2, 0.25) is 0 Å². The molecule has 2 saturated carbocycles. The second-order valence-corrected chi connectivity index (χ2v) is 11.1. The summed E-state index contributed by atoms with van der Waals surface area (Å²) in [7, 11) is 0. The van der Waals surface area contributed by atoms with Gasteiger partial charge < -0.3 is 21.3 Å². The molecule has 6 rings (SSSR count). The summed E-state index contributed by atoms with van der Waals surface area (Å²) in [5.41, 5.74) is 6.91. The van der Waals surface area contributed by atoms with Crippen LogP contribution in [0.4, 0.5) is 34.1 Å². The normalized spacial score (nSPS) is 15.8. The van der Waals surface area contributed by atoms with E-state index in [1.54, 1.807) is 0 Å². The molecule has 208 valence electrons. The molecule has 0 radical (unpaired) electrons. The van der Waals surface area contributed by atoms with E-state index in [4.69, 9.17) is 0 Å². The lowest BCUT2D eigenvalue weighted by atomic mass is 9.95. The van der Waals surface area contributed by atoms with Crippen molar-refractivity contribution in [3.05, 3.63) is 109 Å². The van der Waals surface area contributed by atoms with Gasteiger partial charge in [-0.15, -0.1) is 0 Å². The minimum Gasteiger partial charge on any atom is -0.382 e. The zero-order valence-electron chi connectivity index (χ0n) is 23.6. The van der Waals surface area contributed by atoms with Gasteiger partial charge in [-0.05, 0) is 98.5 Å². The first-order chi connectivity index (χ1) is 19.8. The second-order valence-electron chi connectivity index (χ2n) is 11.1. The van der Waals surface area contributed by atoms with Crippen LogP contribution < -0.4 is 21.3 Å².